The number of rotatable bonds is 6. The number of hydrogen-bond acceptors (Lipinski definition) is 3. The molecule has 0 saturated heterocycles. The van der Waals surface area contributed by atoms with E-state index in [1.807, 2.05) is 36.4 Å². The molecule has 2 aliphatic rings. The minimum Gasteiger partial charge on any atom is -0.326 e. The molecule has 5 heteroatoms. The van der Waals surface area contributed by atoms with Gasteiger partial charge in [0.1, 0.15) is 5.84 Å². The van der Waals surface area contributed by atoms with Gasteiger partial charge in [0.2, 0.25) is 5.91 Å². The van der Waals surface area contributed by atoms with E-state index in [2.05, 4.69) is 44.4 Å². The molecule has 2 aromatic carbocycles. The molecule has 0 aromatic heterocycles. The number of amides is 2. The Kier molecular flexibility index (Phi) is 6.66. The summed E-state index contributed by atoms with van der Waals surface area (Å²) in [5, 5.41) is 14.0. The average molecular weight is 460 g/mol. The van der Waals surface area contributed by atoms with Gasteiger partial charge in [-0.25, -0.2) is 0 Å². The number of aryl methyl sites for hydroxylation is 1. The summed E-state index contributed by atoms with van der Waals surface area (Å²) in [5.74, 6) is 0.264. The number of fused-ring (bicyclic) bond motifs is 1. The van der Waals surface area contributed by atoms with Gasteiger partial charge in [0.15, 0.2) is 0 Å². The summed E-state index contributed by atoms with van der Waals surface area (Å²) in [7, 11) is 0. The molecule has 1 saturated carbocycles. The van der Waals surface area contributed by atoms with Crippen LogP contribution in [-0.2, 0) is 22.0 Å². The second kappa shape index (κ2) is 9.36. The first-order chi connectivity index (χ1) is 16.0. The lowest BCUT2D eigenvalue weighted by Crippen LogP contribution is -2.35. The van der Waals surface area contributed by atoms with Crippen molar-refractivity contribution < 1.29 is 9.59 Å². The number of hydrogen-bond donors (Lipinski definition) is 3. The van der Waals surface area contributed by atoms with E-state index in [1.54, 1.807) is 0 Å². The summed E-state index contributed by atoms with van der Waals surface area (Å²) >= 11 is 0. The van der Waals surface area contributed by atoms with E-state index in [0.717, 1.165) is 43.4 Å². The van der Waals surface area contributed by atoms with Crippen LogP contribution in [0.1, 0.15) is 93.3 Å². The highest BCUT2D eigenvalue weighted by Gasteiger charge is 2.37. The molecule has 2 amide bonds. The van der Waals surface area contributed by atoms with Crippen LogP contribution < -0.4 is 10.6 Å². The Hall–Kier alpha value is -2.95. The Balaban J connectivity index is 1.32. The Morgan fingerprint density at radius 2 is 1.59 bits per heavy atom. The third-order valence-electron chi connectivity index (χ3n) is 7.74. The molecule has 180 valence electrons. The molecule has 0 unspecified atom stereocenters. The van der Waals surface area contributed by atoms with Crippen LogP contribution in [0.15, 0.2) is 42.5 Å². The molecule has 0 spiro atoms. The first kappa shape index (κ1) is 24.2. The molecular weight excluding hydrogens is 422 g/mol. The molecule has 34 heavy (non-hydrogen) atoms. The quantitative estimate of drug-likeness (QED) is 0.359. The van der Waals surface area contributed by atoms with Crippen LogP contribution in [0.3, 0.4) is 0 Å². The molecule has 0 atom stereocenters. The molecule has 1 fully saturated rings. The van der Waals surface area contributed by atoms with Gasteiger partial charge in [0.25, 0.3) is 5.91 Å². The van der Waals surface area contributed by atoms with Crippen molar-refractivity contribution in [1.29, 1.82) is 5.41 Å². The van der Waals surface area contributed by atoms with Crippen LogP contribution in [0.5, 0.6) is 0 Å². The first-order valence-electron chi connectivity index (χ1n) is 12.5. The molecular formula is C29H37N3O2. The molecule has 3 N–H and O–H groups in total. The van der Waals surface area contributed by atoms with E-state index >= 15 is 0 Å². The second-order valence-electron chi connectivity index (χ2n) is 11.3. The lowest BCUT2D eigenvalue weighted by molar-refractivity contribution is -0.122. The lowest BCUT2D eigenvalue weighted by Gasteiger charge is -2.42. The highest BCUT2D eigenvalue weighted by atomic mass is 16.2. The number of benzene rings is 2. The Morgan fingerprint density at radius 3 is 2.21 bits per heavy atom. The highest BCUT2D eigenvalue weighted by molar-refractivity contribution is 6.05. The van der Waals surface area contributed by atoms with Crippen molar-refractivity contribution in [2.45, 2.75) is 83.5 Å². The smallest absolute Gasteiger partial charge is 0.256 e. The molecule has 5 nitrogen and oxygen atoms in total. The predicted octanol–water partition coefficient (Wildman–Crippen LogP) is 6.11. The van der Waals surface area contributed by atoms with Crippen molar-refractivity contribution in [2.24, 2.45) is 5.92 Å². The minimum atomic E-state index is -0.221. The van der Waals surface area contributed by atoms with Gasteiger partial charge in [-0.2, -0.15) is 0 Å². The molecule has 0 heterocycles. The van der Waals surface area contributed by atoms with Crippen molar-refractivity contribution in [3.8, 4) is 0 Å². The van der Waals surface area contributed by atoms with Gasteiger partial charge in [-0.15, -0.1) is 0 Å². The summed E-state index contributed by atoms with van der Waals surface area (Å²) in [5.41, 5.74) is 5.21. The van der Waals surface area contributed by atoms with Crippen molar-refractivity contribution in [3.05, 3.63) is 64.7 Å². The average Bonchev–Trinajstić information content (AvgIpc) is 2.75. The minimum absolute atomic E-state index is 0.0398. The van der Waals surface area contributed by atoms with Crippen LogP contribution in [0.25, 0.3) is 0 Å². The van der Waals surface area contributed by atoms with E-state index in [9.17, 15) is 9.59 Å². The van der Waals surface area contributed by atoms with Gasteiger partial charge in [-0.3, -0.25) is 15.0 Å². The van der Waals surface area contributed by atoms with Crippen molar-refractivity contribution in [2.75, 3.05) is 5.32 Å². The van der Waals surface area contributed by atoms with E-state index in [-0.39, 0.29) is 34.4 Å². The van der Waals surface area contributed by atoms with Crippen LogP contribution in [0.2, 0.25) is 0 Å². The third-order valence-corrected chi connectivity index (χ3v) is 7.74. The van der Waals surface area contributed by atoms with Crippen molar-refractivity contribution in [1.82, 2.24) is 5.32 Å². The number of amidine groups is 1. The van der Waals surface area contributed by atoms with Crippen molar-refractivity contribution >= 4 is 23.3 Å². The lowest BCUT2D eigenvalue weighted by atomic mass is 9.63. The number of nitrogens with one attached hydrogen (secondary N) is 3. The van der Waals surface area contributed by atoms with Crippen LogP contribution in [-0.4, -0.2) is 17.6 Å². The van der Waals surface area contributed by atoms with Gasteiger partial charge >= 0.3 is 0 Å². The predicted molar refractivity (Wildman–Crippen MR) is 138 cm³/mol. The maximum atomic E-state index is 12.9. The maximum absolute atomic E-state index is 12.9. The second-order valence-corrected chi connectivity index (χ2v) is 11.3. The normalized spacial score (nSPS) is 18.4. The fourth-order valence-electron chi connectivity index (χ4n) is 4.94. The Bertz CT molecular complexity index is 1090. The summed E-state index contributed by atoms with van der Waals surface area (Å²) in [6.45, 7) is 9.03. The van der Waals surface area contributed by atoms with Crippen LogP contribution in [0, 0.1) is 11.3 Å². The highest BCUT2D eigenvalue weighted by Crippen LogP contribution is 2.45. The van der Waals surface area contributed by atoms with Crippen LogP contribution >= 0.6 is 0 Å². The fraction of sp³-hybridized carbons (Fsp3) is 0.483. The SMILES string of the molecule is CC1(C)CCC(C)(C)c2cc(C(=O)NC(=N)CCc3ccc(NC(=O)C4CCC4)cc3)ccc21. The van der Waals surface area contributed by atoms with Gasteiger partial charge in [0, 0.05) is 23.6 Å². The third kappa shape index (κ3) is 5.24. The fourth-order valence-corrected chi connectivity index (χ4v) is 4.94. The largest absolute Gasteiger partial charge is 0.326 e. The molecule has 0 bridgehead atoms. The zero-order chi connectivity index (χ0) is 24.5. The van der Waals surface area contributed by atoms with E-state index in [0.29, 0.717) is 18.4 Å². The number of carbonyl (C=O) groups excluding carboxylic acids is 2. The monoisotopic (exact) mass is 459 g/mol. The Labute approximate surface area is 203 Å². The summed E-state index contributed by atoms with van der Waals surface area (Å²) < 4.78 is 0. The first-order valence-corrected chi connectivity index (χ1v) is 12.5. The van der Waals surface area contributed by atoms with E-state index in [1.165, 1.54) is 11.1 Å². The standard InChI is InChI=1S/C29H37N3O2/c1-28(2)16-17-29(3,4)24-18-21(11-14-23(24)28)27(34)32-25(30)15-10-19-8-12-22(13-9-19)31-26(33)20-6-5-7-20/h8-9,11-14,18,20H,5-7,10,15-17H2,1-4H3,(H,31,33)(H2,30,32,34). The van der Waals surface area contributed by atoms with Gasteiger partial charge in [-0.05, 0) is 83.9 Å². The summed E-state index contributed by atoms with van der Waals surface area (Å²) in [4.78, 5) is 24.9. The molecule has 2 aromatic rings. The summed E-state index contributed by atoms with van der Waals surface area (Å²) in [6.07, 6.45) is 6.44. The van der Waals surface area contributed by atoms with Gasteiger partial charge in [0.05, 0.1) is 0 Å². The summed E-state index contributed by atoms with van der Waals surface area (Å²) in [6, 6.07) is 13.8. The van der Waals surface area contributed by atoms with Gasteiger partial charge in [-0.1, -0.05) is 52.3 Å². The van der Waals surface area contributed by atoms with Crippen LogP contribution in [0.4, 0.5) is 5.69 Å². The maximum Gasteiger partial charge on any atom is 0.256 e. The topological polar surface area (TPSA) is 82.1 Å². The zero-order valence-electron chi connectivity index (χ0n) is 20.9. The Morgan fingerprint density at radius 1 is 0.941 bits per heavy atom. The molecule has 4 rings (SSSR count). The number of carbonyl (C=O) groups is 2. The molecule has 2 aliphatic carbocycles. The van der Waals surface area contributed by atoms with E-state index < -0.39 is 0 Å². The number of anilines is 1. The van der Waals surface area contributed by atoms with E-state index in [4.69, 9.17) is 5.41 Å². The molecule has 0 radical (unpaired) electrons. The molecule has 0 aliphatic heterocycles. The zero-order valence-corrected chi connectivity index (χ0v) is 20.9. The van der Waals surface area contributed by atoms with Crippen molar-refractivity contribution in [3.63, 3.8) is 0 Å². The van der Waals surface area contributed by atoms with Gasteiger partial charge < -0.3 is 10.6 Å².